The molecule has 5 heteroatoms. The van der Waals surface area contributed by atoms with Gasteiger partial charge < -0.3 is 14.9 Å². The maximum atomic E-state index is 0. The molecule has 0 aromatic rings. The normalized spacial score (nSPS) is 0. The Morgan fingerprint density at radius 3 is 0.800 bits per heavy atom. The second kappa shape index (κ2) is 61.1. The molecule has 0 saturated heterocycles. The topological polar surface area (TPSA) is 28.5 Å². The van der Waals surface area contributed by atoms with E-state index in [2.05, 4.69) is 0 Å². The summed E-state index contributed by atoms with van der Waals surface area (Å²) in [5, 5.41) is 0. The zero-order chi connectivity index (χ0) is 0. The first-order valence-corrected chi connectivity index (χ1v) is 0. The molecule has 0 fully saturated rings. The van der Waals surface area contributed by atoms with Gasteiger partial charge in [0, 0.05) is 0 Å². The summed E-state index contributed by atoms with van der Waals surface area (Å²) in [6.07, 6.45) is 0. The molecule has 5 heavy (non-hydrogen) atoms. The van der Waals surface area contributed by atoms with E-state index in [0.29, 0.717) is 0 Å². The molecule has 2 radical (unpaired) electrons. The molecule has 0 aromatic carbocycles. The number of rotatable bonds is 0. The Balaban J connectivity index is 0. The summed E-state index contributed by atoms with van der Waals surface area (Å²) in [5.74, 6) is 0. The van der Waals surface area contributed by atoms with Crippen LogP contribution < -0.4 is 9.41 Å². The van der Waals surface area contributed by atoms with Crippen LogP contribution in [0.15, 0.2) is 0 Å². The molecule has 0 aliphatic carbocycles. The van der Waals surface area contributed by atoms with E-state index in [1.54, 1.807) is 0 Å². The van der Waals surface area contributed by atoms with Crippen LogP contribution in [-0.2, 0) is 25.0 Å². The Morgan fingerprint density at radius 1 is 0.800 bits per heavy atom. The molecule has 0 aromatic heterocycles. The fraction of sp³-hybridized carbons (Fsp3) is 0. The fourth-order valence-electron chi connectivity index (χ4n) is 0. The molecular weight excluding hydrogens is 238 g/mol. The Kier molecular flexibility index (Phi) is 1360. The minimum absolute atomic E-state index is 0. The SMILES string of the molecule is [F-].[F-].[O-2].[Sn+2].[Zn+2]. The fourth-order valence-corrected chi connectivity index (χ4v) is 0. The first-order chi connectivity index (χ1) is 0. The van der Waals surface area contributed by atoms with E-state index in [0.717, 1.165) is 0 Å². The van der Waals surface area contributed by atoms with Crippen molar-refractivity contribution in [2.75, 3.05) is 0 Å². The van der Waals surface area contributed by atoms with Gasteiger partial charge in [0.1, 0.15) is 0 Å². The zero-order valence-corrected chi connectivity index (χ0v) is 8.19. The van der Waals surface area contributed by atoms with Crippen LogP contribution in [0.2, 0.25) is 0 Å². The maximum absolute atomic E-state index is 0. The van der Waals surface area contributed by atoms with Crippen LogP contribution >= 0.6 is 0 Å². The molecule has 0 bridgehead atoms. The number of hydrogen-bond donors (Lipinski definition) is 0. The smallest absolute Gasteiger partial charge is 2.00 e. The van der Waals surface area contributed by atoms with E-state index >= 15 is 0 Å². The molecule has 0 N–H and O–H groups in total. The first-order valence-electron chi connectivity index (χ1n) is 0. The van der Waals surface area contributed by atoms with Gasteiger partial charge in [0.25, 0.3) is 0 Å². The first kappa shape index (κ1) is 111. The average Bonchev–Trinajstić information content (AvgIpc) is 0. The zero-order valence-electron chi connectivity index (χ0n) is 2.37. The van der Waals surface area contributed by atoms with Crippen LogP contribution in [-0.4, -0.2) is 23.9 Å². The number of hydrogen-bond acceptors (Lipinski definition) is 0. The quantitative estimate of drug-likeness (QED) is 0.375. The van der Waals surface area contributed by atoms with Crippen molar-refractivity contribution in [3.63, 3.8) is 0 Å². The van der Waals surface area contributed by atoms with Gasteiger partial charge in [0.15, 0.2) is 0 Å². The predicted octanol–water partition coefficient (Wildman–Crippen LogP) is -6.49. The predicted molar refractivity (Wildman–Crippen MR) is 6.44 cm³/mol. The van der Waals surface area contributed by atoms with Gasteiger partial charge in [-0.15, -0.1) is 0 Å². The third-order valence-electron chi connectivity index (χ3n) is 0. The maximum Gasteiger partial charge on any atom is 2.00 e. The molecule has 0 aliphatic heterocycles. The molecule has 0 rings (SSSR count). The van der Waals surface area contributed by atoms with Gasteiger partial charge in [-0.3, -0.25) is 0 Å². The molecule has 1 nitrogen and oxygen atoms in total. The molecule has 0 heterocycles. The second-order valence-corrected chi connectivity index (χ2v) is 0. The summed E-state index contributed by atoms with van der Waals surface area (Å²) in [4.78, 5) is 0. The van der Waals surface area contributed by atoms with E-state index in [4.69, 9.17) is 0 Å². The molecule has 0 spiro atoms. The summed E-state index contributed by atoms with van der Waals surface area (Å²) < 4.78 is 0. The van der Waals surface area contributed by atoms with Gasteiger partial charge in [-0.2, -0.15) is 0 Å². The summed E-state index contributed by atoms with van der Waals surface area (Å²) in [7, 11) is 0. The van der Waals surface area contributed by atoms with Crippen LogP contribution in [0.5, 0.6) is 0 Å². The van der Waals surface area contributed by atoms with E-state index in [1.165, 1.54) is 0 Å². The Morgan fingerprint density at radius 2 is 0.800 bits per heavy atom. The molecule has 0 unspecified atom stereocenters. The van der Waals surface area contributed by atoms with Gasteiger partial charge in [-0.05, 0) is 0 Å². The van der Waals surface area contributed by atoms with Gasteiger partial charge in [-0.25, -0.2) is 0 Å². The monoisotopic (exact) mass is 238 g/mol. The number of halogens is 2. The van der Waals surface area contributed by atoms with Crippen LogP contribution in [0.25, 0.3) is 0 Å². The van der Waals surface area contributed by atoms with Crippen molar-refractivity contribution in [2.24, 2.45) is 0 Å². The molecular formula is F2OSnZn. The average molecular weight is 238 g/mol. The summed E-state index contributed by atoms with van der Waals surface area (Å²) in [5.41, 5.74) is 0. The van der Waals surface area contributed by atoms with Crippen molar-refractivity contribution in [3.05, 3.63) is 0 Å². The summed E-state index contributed by atoms with van der Waals surface area (Å²) >= 11 is 0. The van der Waals surface area contributed by atoms with E-state index in [9.17, 15) is 0 Å². The van der Waals surface area contributed by atoms with Crippen LogP contribution in [0.3, 0.4) is 0 Å². The Hall–Kier alpha value is 1.24. The standard InChI is InChI=1S/2FH.O.Sn.Zn/h2*1H;;;/q;;-2;2*+2/p-2. The molecule has 0 saturated carbocycles. The van der Waals surface area contributed by atoms with Crippen molar-refractivity contribution in [3.8, 4) is 0 Å². The van der Waals surface area contributed by atoms with Gasteiger partial charge >= 0.3 is 43.4 Å². The molecule has 0 aliphatic rings. The van der Waals surface area contributed by atoms with E-state index < -0.39 is 0 Å². The third-order valence-corrected chi connectivity index (χ3v) is 0. The van der Waals surface area contributed by atoms with Crippen LogP contribution in [0, 0.1) is 0 Å². The van der Waals surface area contributed by atoms with Crippen LogP contribution in [0.1, 0.15) is 0 Å². The largest absolute Gasteiger partial charge is 2.00 e. The van der Waals surface area contributed by atoms with Crippen molar-refractivity contribution in [2.45, 2.75) is 0 Å². The second-order valence-electron chi connectivity index (χ2n) is 0. The summed E-state index contributed by atoms with van der Waals surface area (Å²) in [6, 6.07) is 0. The van der Waals surface area contributed by atoms with E-state index in [1.807, 2.05) is 0 Å². The Bertz CT molecular complexity index is 9.61. The molecule has 26 valence electrons. The van der Waals surface area contributed by atoms with Gasteiger partial charge in [0.2, 0.25) is 0 Å². The van der Waals surface area contributed by atoms with Crippen molar-refractivity contribution < 1.29 is 34.4 Å². The van der Waals surface area contributed by atoms with Crippen molar-refractivity contribution >= 4 is 23.9 Å². The molecule has 0 atom stereocenters. The summed E-state index contributed by atoms with van der Waals surface area (Å²) in [6.45, 7) is 0. The third kappa shape index (κ3) is 35.7. The van der Waals surface area contributed by atoms with Crippen LogP contribution in [0.4, 0.5) is 0 Å². The Labute approximate surface area is 58.3 Å². The van der Waals surface area contributed by atoms with Crippen molar-refractivity contribution in [1.82, 2.24) is 0 Å². The van der Waals surface area contributed by atoms with E-state index in [-0.39, 0.29) is 58.3 Å². The minimum Gasteiger partial charge on any atom is -2.00 e. The van der Waals surface area contributed by atoms with Gasteiger partial charge in [-0.1, -0.05) is 0 Å². The van der Waals surface area contributed by atoms with Gasteiger partial charge in [0.05, 0.1) is 0 Å². The minimum atomic E-state index is 0. The molecule has 0 amide bonds. The van der Waals surface area contributed by atoms with Crippen molar-refractivity contribution in [1.29, 1.82) is 0 Å².